The maximum absolute atomic E-state index is 13.1. The van der Waals surface area contributed by atoms with Gasteiger partial charge in [0.2, 0.25) is 0 Å². The fourth-order valence-corrected chi connectivity index (χ4v) is 3.29. The lowest BCUT2D eigenvalue weighted by molar-refractivity contribution is -0.137. The molecule has 1 heterocycles. The maximum atomic E-state index is 13.1. The molecule has 0 atom stereocenters. The quantitative estimate of drug-likeness (QED) is 0.462. The topological polar surface area (TPSA) is 84.3 Å². The molecule has 1 N–H and O–H groups in total. The van der Waals surface area contributed by atoms with E-state index in [2.05, 4.69) is 10.4 Å². The molecule has 0 aliphatic carbocycles. The minimum Gasteiger partial charge on any atom is -0.345 e. The van der Waals surface area contributed by atoms with Crippen LogP contribution in [0.1, 0.15) is 37.7 Å². The van der Waals surface area contributed by atoms with Crippen LogP contribution in [0.3, 0.4) is 0 Å². The van der Waals surface area contributed by atoms with Crippen LogP contribution in [0.15, 0.2) is 48.5 Å². The van der Waals surface area contributed by atoms with Gasteiger partial charge < -0.3 is 10.2 Å². The molecule has 2 aromatic carbocycles. The maximum Gasteiger partial charge on any atom is 0.416 e. The molecule has 0 fully saturated rings. The molecule has 0 unspecified atom stereocenters. The first-order chi connectivity index (χ1) is 15.4. The predicted molar refractivity (Wildman–Crippen MR) is 115 cm³/mol. The summed E-state index contributed by atoms with van der Waals surface area (Å²) >= 11 is 0. The van der Waals surface area contributed by atoms with Gasteiger partial charge in [-0.05, 0) is 56.3 Å². The van der Waals surface area contributed by atoms with Crippen molar-refractivity contribution in [3.8, 4) is 5.69 Å². The van der Waals surface area contributed by atoms with E-state index in [1.807, 2.05) is 0 Å². The number of hydrogen-bond acceptors (Lipinski definition) is 4. The fourth-order valence-electron chi connectivity index (χ4n) is 3.29. The summed E-state index contributed by atoms with van der Waals surface area (Å²) in [5.74, 6) is -2.02. The van der Waals surface area contributed by atoms with Crippen LogP contribution in [-0.2, 0) is 11.0 Å². The van der Waals surface area contributed by atoms with E-state index in [0.717, 1.165) is 12.1 Å². The Balaban J connectivity index is 1.84. The van der Waals surface area contributed by atoms with Crippen molar-refractivity contribution in [2.24, 2.45) is 0 Å². The first kappa shape index (κ1) is 23.7. The lowest BCUT2D eigenvalue weighted by Gasteiger charge is -2.11. The lowest BCUT2D eigenvalue weighted by atomic mass is 10.1. The normalized spacial score (nSPS) is 11.2. The molecule has 0 aliphatic heterocycles. The second-order valence-corrected chi connectivity index (χ2v) is 7.57. The molecule has 33 heavy (non-hydrogen) atoms. The van der Waals surface area contributed by atoms with Crippen LogP contribution in [0, 0.1) is 13.8 Å². The van der Waals surface area contributed by atoms with E-state index in [1.165, 1.54) is 59.8 Å². The van der Waals surface area contributed by atoms with Gasteiger partial charge in [0.05, 0.1) is 28.2 Å². The number of benzene rings is 2. The first-order valence-electron chi connectivity index (χ1n) is 9.81. The van der Waals surface area contributed by atoms with Crippen molar-refractivity contribution in [3.05, 3.63) is 76.6 Å². The third-order valence-electron chi connectivity index (χ3n) is 4.94. The van der Waals surface area contributed by atoms with Crippen LogP contribution in [0.4, 0.5) is 18.9 Å². The highest BCUT2D eigenvalue weighted by atomic mass is 19.4. The molecule has 3 aromatic rings. The van der Waals surface area contributed by atoms with Crippen molar-refractivity contribution in [2.75, 3.05) is 19.4 Å². The van der Waals surface area contributed by atoms with E-state index < -0.39 is 23.4 Å². The molecule has 0 bridgehead atoms. The number of nitrogens with zero attached hydrogens (tertiary/aromatic N) is 3. The fraction of sp³-hybridized carbons (Fsp3) is 0.217. The molecular formula is C23H21F3N4O3. The van der Waals surface area contributed by atoms with Gasteiger partial charge in [-0.3, -0.25) is 14.4 Å². The number of carbonyl (C=O) groups is 3. The van der Waals surface area contributed by atoms with Gasteiger partial charge in [-0.25, -0.2) is 4.68 Å². The molecule has 0 spiro atoms. The predicted octanol–water partition coefficient (Wildman–Crippen LogP) is 4.03. The summed E-state index contributed by atoms with van der Waals surface area (Å²) in [6.45, 7) is 3.00. The highest BCUT2D eigenvalue weighted by Crippen LogP contribution is 2.31. The number of hydrogen-bond donors (Lipinski definition) is 1. The Morgan fingerprint density at radius 2 is 1.64 bits per heavy atom. The largest absolute Gasteiger partial charge is 0.416 e. The van der Waals surface area contributed by atoms with Gasteiger partial charge in [-0.2, -0.15) is 18.3 Å². The van der Waals surface area contributed by atoms with Gasteiger partial charge in [-0.15, -0.1) is 0 Å². The van der Waals surface area contributed by atoms with Crippen molar-refractivity contribution in [1.82, 2.24) is 14.7 Å². The Morgan fingerprint density at radius 1 is 1.00 bits per heavy atom. The molecular weight excluding hydrogens is 437 g/mol. The number of ketones is 1. The van der Waals surface area contributed by atoms with E-state index in [4.69, 9.17) is 0 Å². The molecule has 1 aromatic heterocycles. The molecule has 0 radical (unpaired) electrons. The Kier molecular flexibility index (Phi) is 6.39. The number of Topliss-reactive ketones (excluding diaryl/α,β-unsaturated/α-hetero) is 1. The smallest absolute Gasteiger partial charge is 0.345 e. The number of halogens is 3. The SMILES string of the molecule is Cc1nn(-c2cccc(C(F)(F)F)c2)c(C)c1C(=O)C(=O)Nc1ccc(C(=O)N(C)C)cc1. The van der Waals surface area contributed by atoms with Crippen LogP contribution in [-0.4, -0.2) is 46.4 Å². The van der Waals surface area contributed by atoms with E-state index in [-0.39, 0.29) is 28.5 Å². The Bertz CT molecular complexity index is 1230. The van der Waals surface area contributed by atoms with E-state index in [9.17, 15) is 27.6 Å². The Morgan fingerprint density at radius 3 is 2.21 bits per heavy atom. The minimum atomic E-state index is -4.53. The van der Waals surface area contributed by atoms with Crippen LogP contribution in [0.5, 0.6) is 0 Å². The van der Waals surface area contributed by atoms with E-state index >= 15 is 0 Å². The summed E-state index contributed by atoms with van der Waals surface area (Å²) in [6.07, 6.45) is -4.53. The third kappa shape index (κ3) is 4.94. The number of nitrogens with one attached hydrogen (secondary N) is 1. The molecule has 10 heteroatoms. The summed E-state index contributed by atoms with van der Waals surface area (Å²) in [4.78, 5) is 38.7. The summed E-state index contributed by atoms with van der Waals surface area (Å²) in [5.41, 5.74) is 0.434. The third-order valence-corrected chi connectivity index (χ3v) is 4.94. The van der Waals surface area contributed by atoms with Crippen LogP contribution in [0.2, 0.25) is 0 Å². The summed E-state index contributed by atoms with van der Waals surface area (Å²) < 4.78 is 40.4. The molecule has 0 saturated carbocycles. The average molecular weight is 458 g/mol. The molecule has 172 valence electrons. The van der Waals surface area contributed by atoms with Gasteiger partial charge in [0.25, 0.3) is 17.6 Å². The minimum absolute atomic E-state index is 0.00400. The number of amides is 2. The zero-order chi connectivity index (χ0) is 24.5. The van der Waals surface area contributed by atoms with Crippen LogP contribution >= 0.6 is 0 Å². The van der Waals surface area contributed by atoms with E-state index in [1.54, 1.807) is 14.1 Å². The summed E-state index contributed by atoms with van der Waals surface area (Å²) in [5, 5.41) is 6.64. The Hall–Kier alpha value is -3.95. The number of rotatable bonds is 5. The van der Waals surface area contributed by atoms with Gasteiger partial charge in [0, 0.05) is 25.3 Å². The van der Waals surface area contributed by atoms with Crippen LogP contribution in [0.25, 0.3) is 5.69 Å². The van der Waals surface area contributed by atoms with Gasteiger partial charge >= 0.3 is 6.18 Å². The molecule has 7 nitrogen and oxygen atoms in total. The second kappa shape index (κ2) is 8.89. The number of aromatic nitrogens is 2. The number of anilines is 1. The summed E-state index contributed by atoms with van der Waals surface area (Å²) in [6, 6.07) is 10.6. The van der Waals surface area contributed by atoms with Crippen molar-refractivity contribution < 1.29 is 27.6 Å². The van der Waals surface area contributed by atoms with Gasteiger partial charge in [0.1, 0.15) is 0 Å². The van der Waals surface area contributed by atoms with Gasteiger partial charge in [0.15, 0.2) is 0 Å². The molecule has 2 amide bonds. The Labute approximate surface area is 187 Å². The lowest BCUT2D eigenvalue weighted by Crippen LogP contribution is -2.24. The standard InChI is InChI=1S/C23H21F3N4O3/c1-13-19(14(2)30(28-13)18-7-5-6-16(12-18)23(24,25)26)20(31)21(32)27-17-10-8-15(9-11-17)22(33)29(3)4/h5-12H,1-4H3,(H,27,32). The molecule has 3 rings (SSSR count). The van der Waals surface area contributed by atoms with Crippen molar-refractivity contribution in [2.45, 2.75) is 20.0 Å². The molecule has 0 aliphatic rings. The highest BCUT2D eigenvalue weighted by Gasteiger charge is 2.31. The van der Waals surface area contributed by atoms with Crippen molar-refractivity contribution >= 4 is 23.3 Å². The zero-order valence-electron chi connectivity index (χ0n) is 18.3. The molecule has 0 saturated heterocycles. The van der Waals surface area contributed by atoms with Crippen molar-refractivity contribution in [3.63, 3.8) is 0 Å². The average Bonchev–Trinajstić information content (AvgIpc) is 3.06. The van der Waals surface area contributed by atoms with Gasteiger partial charge in [-0.1, -0.05) is 6.07 Å². The number of carbonyl (C=O) groups excluding carboxylic acids is 3. The van der Waals surface area contributed by atoms with Crippen molar-refractivity contribution in [1.29, 1.82) is 0 Å². The van der Waals surface area contributed by atoms with Crippen LogP contribution < -0.4 is 5.32 Å². The highest BCUT2D eigenvalue weighted by molar-refractivity contribution is 6.47. The summed E-state index contributed by atoms with van der Waals surface area (Å²) in [7, 11) is 3.22. The second-order valence-electron chi connectivity index (χ2n) is 7.57. The number of alkyl halides is 3. The van der Waals surface area contributed by atoms with E-state index in [0.29, 0.717) is 11.3 Å². The monoisotopic (exact) mass is 458 g/mol. The number of aryl methyl sites for hydroxylation is 1. The first-order valence-corrected chi connectivity index (χ1v) is 9.81. The zero-order valence-corrected chi connectivity index (χ0v) is 18.3.